The molecule has 0 N–H and O–H groups in total. The number of carbonyl (C=O) groups is 1. The monoisotopic (exact) mass is 429 g/mol. The van der Waals surface area contributed by atoms with Gasteiger partial charge in [0.15, 0.2) is 0 Å². The number of hydrogen-bond acceptors (Lipinski definition) is 3. The summed E-state index contributed by atoms with van der Waals surface area (Å²) < 4.78 is 1.60. The Morgan fingerprint density at radius 1 is 0.935 bits per heavy atom. The van der Waals surface area contributed by atoms with Gasteiger partial charge >= 0.3 is 0 Å². The van der Waals surface area contributed by atoms with Gasteiger partial charge in [0.25, 0.3) is 5.56 Å². The number of likely N-dealkylation sites (N-methyl/N-ethyl adjacent to an activating group) is 1. The molecule has 5 rings (SSSR count). The zero-order chi connectivity index (χ0) is 21.5. The normalized spacial score (nSPS) is 15.5. The number of nitrogens with zero attached hydrogens (tertiary/aromatic N) is 3. The summed E-state index contributed by atoms with van der Waals surface area (Å²) >= 11 is 6.07. The molecule has 4 aromatic rings. The highest BCUT2D eigenvalue weighted by Gasteiger charge is 2.37. The third-order valence-electron chi connectivity index (χ3n) is 5.80. The molecule has 1 amide bonds. The molecule has 1 unspecified atom stereocenters. The van der Waals surface area contributed by atoms with Crippen LogP contribution in [0.3, 0.4) is 0 Å². The van der Waals surface area contributed by atoms with Crippen molar-refractivity contribution in [1.29, 1.82) is 0 Å². The van der Waals surface area contributed by atoms with Crippen LogP contribution in [0.25, 0.3) is 16.6 Å². The van der Waals surface area contributed by atoms with Gasteiger partial charge in [-0.3, -0.25) is 14.2 Å². The molecule has 1 aromatic heterocycles. The van der Waals surface area contributed by atoms with E-state index in [2.05, 4.69) is 0 Å². The van der Waals surface area contributed by atoms with Crippen LogP contribution in [0.2, 0.25) is 5.02 Å². The van der Waals surface area contributed by atoms with E-state index in [-0.39, 0.29) is 17.4 Å². The maximum absolute atomic E-state index is 13.5. The molecule has 0 saturated carbocycles. The van der Waals surface area contributed by atoms with Crippen LogP contribution in [-0.4, -0.2) is 22.0 Å². The number of halogens is 1. The Bertz CT molecular complexity index is 1360. The molecule has 0 radical (unpaired) electrons. The first-order valence-electron chi connectivity index (χ1n) is 10.3. The Kier molecular flexibility index (Phi) is 4.83. The summed E-state index contributed by atoms with van der Waals surface area (Å²) in [6.07, 6.45) is 0.328. The molecule has 2 heterocycles. The van der Waals surface area contributed by atoms with Crippen LogP contribution >= 0.6 is 11.6 Å². The Balaban J connectivity index is 1.70. The number of carbonyl (C=O) groups excluding carboxylic acids is 1. The second-order valence-corrected chi connectivity index (χ2v) is 8.00. The molecule has 0 aliphatic carbocycles. The lowest BCUT2D eigenvalue weighted by molar-refractivity contribution is -0.119. The fraction of sp³-hybridized carbons (Fsp3) is 0.160. The van der Waals surface area contributed by atoms with Crippen molar-refractivity contribution in [3.8, 4) is 5.69 Å². The van der Waals surface area contributed by atoms with Gasteiger partial charge in [-0.1, -0.05) is 41.9 Å². The molecular formula is C25H20ClN3O2. The van der Waals surface area contributed by atoms with E-state index in [1.165, 1.54) is 0 Å². The molecule has 0 spiro atoms. The lowest BCUT2D eigenvalue weighted by Gasteiger charge is -2.17. The van der Waals surface area contributed by atoms with E-state index in [1.54, 1.807) is 39.8 Å². The fourth-order valence-corrected chi connectivity index (χ4v) is 4.47. The van der Waals surface area contributed by atoms with Crippen molar-refractivity contribution in [2.45, 2.75) is 19.3 Å². The molecule has 1 atom stereocenters. The largest absolute Gasteiger partial charge is 0.312 e. The minimum Gasteiger partial charge on any atom is -0.312 e. The Morgan fingerprint density at radius 3 is 2.42 bits per heavy atom. The van der Waals surface area contributed by atoms with Gasteiger partial charge in [-0.05, 0) is 55.0 Å². The highest BCUT2D eigenvalue weighted by Crippen LogP contribution is 2.38. The van der Waals surface area contributed by atoms with Gasteiger partial charge in [0.2, 0.25) is 5.91 Å². The SMILES string of the molecule is CCN1C(=O)C(Cc2nc3ccccc3c(=O)n2-c2ccc(Cl)cc2)c2ccccc21. The minimum absolute atomic E-state index is 0.0359. The van der Waals surface area contributed by atoms with Gasteiger partial charge in [0.1, 0.15) is 5.82 Å². The molecule has 1 aliphatic heterocycles. The number of fused-ring (bicyclic) bond motifs is 2. The summed E-state index contributed by atoms with van der Waals surface area (Å²) in [6.45, 7) is 2.57. The molecule has 5 nitrogen and oxygen atoms in total. The zero-order valence-corrected chi connectivity index (χ0v) is 17.7. The molecule has 0 fully saturated rings. The highest BCUT2D eigenvalue weighted by molar-refractivity contribution is 6.30. The molecule has 3 aromatic carbocycles. The standard InChI is InChI=1S/C25H20ClN3O2/c1-2-28-22-10-6-4-7-18(22)20(24(28)30)15-23-27-21-9-5-3-8-19(21)25(31)29(23)17-13-11-16(26)12-14-17/h3-14,20H,2,15H2,1H3. The molecule has 6 heteroatoms. The smallest absolute Gasteiger partial charge is 0.265 e. The van der Waals surface area contributed by atoms with E-state index in [0.717, 1.165) is 11.3 Å². The Hall–Kier alpha value is -3.44. The number of hydrogen-bond donors (Lipinski definition) is 0. The first-order valence-corrected chi connectivity index (χ1v) is 10.6. The summed E-state index contributed by atoms with van der Waals surface area (Å²) in [5.74, 6) is 0.202. The summed E-state index contributed by atoms with van der Waals surface area (Å²) in [5.41, 5.74) is 3.04. The van der Waals surface area contributed by atoms with Crippen LogP contribution in [0.15, 0.2) is 77.6 Å². The van der Waals surface area contributed by atoms with Crippen molar-refractivity contribution < 1.29 is 4.79 Å². The van der Waals surface area contributed by atoms with Crippen molar-refractivity contribution in [3.63, 3.8) is 0 Å². The molecule has 0 bridgehead atoms. The predicted octanol–water partition coefficient (Wildman–Crippen LogP) is 4.73. The third kappa shape index (κ3) is 3.22. The van der Waals surface area contributed by atoms with Gasteiger partial charge in [-0.15, -0.1) is 0 Å². The van der Waals surface area contributed by atoms with Gasteiger partial charge in [-0.2, -0.15) is 0 Å². The van der Waals surface area contributed by atoms with Gasteiger partial charge in [0.05, 0.1) is 22.5 Å². The minimum atomic E-state index is -0.386. The Morgan fingerprint density at radius 2 is 1.65 bits per heavy atom. The van der Waals surface area contributed by atoms with Crippen LogP contribution in [0.1, 0.15) is 24.2 Å². The van der Waals surface area contributed by atoms with E-state index in [0.29, 0.717) is 40.4 Å². The first kappa shape index (κ1) is 19.5. The van der Waals surface area contributed by atoms with Crippen molar-refractivity contribution in [2.24, 2.45) is 0 Å². The summed E-state index contributed by atoms with van der Waals surface area (Å²) in [6, 6.07) is 22.2. The lowest BCUT2D eigenvalue weighted by atomic mass is 9.96. The van der Waals surface area contributed by atoms with E-state index < -0.39 is 0 Å². The molecule has 1 aliphatic rings. The van der Waals surface area contributed by atoms with Gasteiger partial charge < -0.3 is 4.90 Å². The molecule has 154 valence electrons. The first-order chi connectivity index (χ1) is 15.1. The zero-order valence-electron chi connectivity index (χ0n) is 17.0. The Labute approximate surface area is 184 Å². The lowest BCUT2D eigenvalue weighted by Crippen LogP contribution is -2.31. The quantitative estimate of drug-likeness (QED) is 0.471. The summed E-state index contributed by atoms with van der Waals surface area (Å²) in [4.78, 5) is 33.3. The number of benzene rings is 3. The second-order valence-electron chi connectivity index (χ2n) is 7.56. The predicted molar refractivity (Wildman–Crippen MR) is 123 cm³/mol. The number of para-hydroxylation sites is 2. The third-order valence-corrected chi connectivity index (χ3v) is 6.05. The number of rotatable bonds is 4. The van der Waals surface area contributed by atoms with Crippen LogP contribution in [-0.2, 0) is 11.2 Å². The van der Waals surface area contributed by atoms with Crippen LogP contribution in [0.4, 0.5) is 5.69 Å². The maximum Gasteiger partial charge on any atom is 0.265 e. The maximum atomic E-state index is 13.5. The summed E-state index contributed by atoms with van der Waals surface area (Å²) in [7, 11) is 0. The van der Waals surface area contributed by atoms with Gasteiger partial charge in [0, 0.05) is 23.7 Å². The van der Waals surface area contributed by atoms with Crippen LogP contribution < -0.4 is 10.5 Å². The second kappa shape index (κ2) is 7.67. The molecule has 0 saturated heterocycles. The van der Waals surface area contributed by atoms with E-state index in [1.807, 2.05) is 49.4 Å². The van der Waals surface area contributed by atoms with Crippen LogP contribution in [0.5, 0.6) is 0 Å². The van der Waals surface area contributed by atoms with Crippen molar-refractivity contribution in [3.05, 3.63) is 99.6 Å². The van der Waals surface area contributed by atoms with Crippen molar-refractivity contribution in [1.82, 2.24) is 9.55 Å². The van der Waals surface area contributed by atoms with Crippen molar-refractivity contribution in [2.75, 3.05) is 11.4 Å². The average Bonchev–Trinajstić information content (AvgIpc) is 3.06. The summed E-state index contributed by atoms with van der Waals surface area (Å²) in [5, 5.41) is 1.13. The van der Waals surface area contributed by atoms with Gasteiger partial charge in [-0.25, -0.2) is 4.98 Å². The highest BCUT2D eigenvalue weighted by atomic mass is 35.5. The fourth-order valence-electron chi connectivity index (χ4n) is 4.35. The molecule has 31 heavy (non-hydrogen) atoms. The number of aromatic nitrogens is 2. The van der Waals surface area contributed by atoms with E-state index in [9.17, 15) is 9.59 Å². The average molecular weight is 430 g/mol. The topological polar surface area (TPSA) is 55.2 Å². The number of amides is 1. The van der Waals surface area contributed by atoms with E-state index >= 15 is 0 Å². The molecular weight excluding hydrogens is 410 g/mol. The van der Waals surface area contributed by atoms with Crippen molar-refractivity contribution >= 4 is 34.1 Å². The van der Waals surface area contributed by atoms with E-state index in [4.69, 9.17) is 16.6 Å². The number of anilines is 1. The van der Waals surface area contributed by atoms with Crippen LogP contribution in [0, 0.1) is 0 Å².